The summed E-state index contributed by atoms with van der Waals surface area (Å²) in [6, 6.07) is 64.0. The maximum atomic E-state index is 5.05. The molecular formula is C53H38N4. The van der Waals surface area contributed by atoms with E-state index in [1.165, 1.54) is 44.2 Å². The number of benzene rings is 7. The van der Waals surface area contributed by atoms with Crippen LogP contribution >= 0.6 is 0 Å². The van der Waals surface area contributed by atoms with Gasteiger partial charge in [-0.1, -0.05) is 176 Å². The van der Waals surface area contributed by atoms with Gasteiger partial charge < -0.3 is 4.57 Å². The van der Waals surface area contributed by atoms with Gasteiger partial charge in [-0.2, -0.15) is 0 Å². The standard InChI is InChI=1S/C53H38N4/c1-6-16-37(17-7-1)34-47(39-18-8-2-9-19-39)40-28-26-38(27-29-40)43-31-33-49-48(35-43)46-32-30-44(36-50(46)57(49)45-24-14-5-15-25-45)53-55-51(41-20-10-3-11-21-41)54-52(56-53)42-22-12-4-13-23-42/h1-6,8-16,18-36H,7,17H2/b47-34-. The zero-order valence-corrected chi connectivity index (χ0v) is 31.3. The molecule has 2 aromatic heterocycles. The molecule has 0 fully saturated rings. The Morgan fingerprint density at radius 1 is 0.456 bits per heavy atom. The highest BCUT2D eigenvalue weighted by atomic mass is 15.0. The summed E-state index contributed by atoms with van der Waals surface area (Å²) in [6.07, 6.45) is 11.1. The van der Waals surface area contributed by atoms with Crippen molar-refractivity contribution < 1.29 is 0 Å². The second kappa shape index (κ2) is 15.0. The predicted molar refractivity (Wildman–Crippen MR) is 236 cm³/mol. The highest BCUT2D eigenvalue weighted by molar-refractivity contribution is 6.11. The quantitative estimate of drug-likeness (QED) is 0.156. The topological polar surface area (TPSA) is 43.6 Å². The number of fused-ring (bicyclic) bond motifs is 3. The Hall–Kier alpha value is -7.43. The summed E-state index contributed by atoms with van der Waals surface area (Å²) in [5, 5.41) is 2.36. The molecule has 0 N–H and O–H groups in total. The number of rotatable bonds is 8. The van der Waals surface area contributed by atoms with Crippen molar-refractivity contribution in [2.24, 2.45) is 0 Å². The van der Waals surface area contributed by atoms with Crippen molar-refractivity contribution in [3.63, 3.8) is 0 Å². The highest BCUT2D eigenvalue weighted by Crippen LogP contribution is 2.38. The van der Waals surface area contributed by atoms with Gasteiger partial charge in [-0.15, -0.1) is 0 Å². The van der Waals surface area contributed by atoms with Crippen LogP contribution in [0.4, 0.5) is 0 Å². The average Bonchev–Trinajstić information content (AvgIpc) is 3.62. The van der Waals surface area contributed by atoms with Crippen molar-refractivity contribution in [1.82, 2.24) is 19.5 Å². The second-order valence-electron chi connectivity index (χ2n) is 14.4. The molecule has 0 atom stereocenters. The van der Waals surface area contributed by atoms with Gasteiger partial charge in [0.2, 0.25) is 0 Å². The molecule has 57 heavy (non-hydrogen) atoms. The molecule has 270 valence electrons. The minimum absolute atomic E-state index is 0.635. The van der Waals surface area contributed by atoms with Gasteiger partial charge in [0.05, 0.1) is 11.0 Å². The van der Waals surface area contributed by atoms with Crippen LogP contribution in [0.2, 0.25) is 0 Å². The van der Waals surface area contributed by atoms with Crippen LogP contribution < -0.4 is 0 Å². The molecule has 0 bridgehead atoms. The SMILES string of the molecule is C1=CCCC(/C=C(/c2ccccc2)c2ccc(-c3ccc4c(c3)c3ccc(-c5nc(-c6ccccc6)nc(-c6ccccc6)n5)cc3n4-c3ccccc3)cc2)=C1. The van der Waals surface area contributed by atoms with E-state index in [0.29, 0.717) is 17.5 Å². The van der Waals surface area contributed by atoms with Gasteiger partial charge >= 0.3 is 0 Å². The number of hydrogen-bond donors (Lipinski definition) is 0. The second-order valence-corrected chi connectivity index (χ2v) is 14.4. The van der Waals surface area contributed by atoms with Crippen LogP contribution in [-0.4, -0.2) is 19.5 Å². The number of hydrogen-bond acceptors (Lipinski definition) is 3. The van der Waals surface area contributed by atoms with E-state index in [9.17, 15) is 0 Å². The number of nitrogens with zero attached hydrogens (tertiary/aromatic N) is 4. The van der Waals surface area contributed by atoms with Crippen molar-refractivity contribution in [2.45, 2.75) is 12.8 Å². The lowest BCUT2D eigenvalue weighted by Crippen LogP contribution is -2.00. The van der Waals surface area contributed by atoms with E-state index in [0.717, 1.165) is 46.3 Å². The summed E-state index contributed by atoms with van der Waals surface area (Å²) in [7, 11) is 0. The lowest BCUT2D eigenvalue weighted by Gasteiger charge is -2.13. The minimum atomic E-state index is 0.635. The van der Waals surface area contributed by atoms with E-state index >= 15 is 0 Å². The molecule has 4 nitrogen and oxygen atoms in total. The average molecular weight is 731 g/mol. The first-order chi connectivity index (χ1) is 28.2. The third kappa shape index (κ3) is 6.79. The lowest BCUT2D eigenvalue weighted by atomic mass is 9.92. The number of allylic oxidation sites excluding steroid dienone is 5. The van der Waals surface area contributed by atoms with Crippen LogP contribution in [0.15, 0.2) is 212 Å². The predicted octanol–water partition coefficient (Wildman–Crippen LogP) is 13.3. The molecule has 9 aromatic rings. The summed E-state index contributed by atoms with van der Waals surface area (Å²) in [4.78, 5) is 15.0. The minimum Gasteiger partial charge on any atom is -0.309 e. The molecule has 1 aliphatic carbocycles. The van der Waals surface area contributed by atoms with Gasteiger partial charge in [0.15, 0.2) is 17.5 Å². The van der Waals surface area contributed by atoms with Crippen molar-refractivity contribution >= 4 is 27.4 Å². The Kier molecular flexibility index (Phi) is 8.98. The van der Waals surface area contributed by atoms with Crippen molar-refractivity contribution in [3.8, 4) is 51.0 Å². The van der Waals surface area contributed by atoms with Gasteiger partial charge in [0.25, 0.3) is 0 Å². The lowest BCUT2D eigenvalue weighted by molar-refractivity contribution is 0.991. The normalized spacial score (nSPS) is 12.9. The Morgan fingerprint density at radius 3 is 1.65 bits per heavy atom. The maximum absolute atomic E-state index is 5.05. The summed E-state index contributed by atoms with van der Waals surface area (Å²) >= 11 is 0. The molecule has 0 spiro atoms. The van der Waals surface area contributed by atoms with Gasteiger partial charge in [0, 0.05) is 33.2 Å². The Morgan fingerprint density at radius 2 is 1.02 bits per heavy atom. The number of aromatic nitrogens is 4. The fraction of sp³-hybridized carbons (Fsp3) is 0.0377. The Bertz CT molecular complexity index is 2900. The fourth-order valence-corrected chi connectivity index (χ4v) is 7.85. The van der Waals surface area contributed by atoms with Gasteiger partial charge in [0.1, 0.15) is 0 Å². The molecule has 2 heterocycles. The van der Waals surface area contributed by atoms with E-state index in [1.54, 1.807) is 0 Å². The first kappa shape index (κ1) is 34.1. The summed E-state index contributed by atoms with van der Waals surface area (Å²) in [6.45, 7) is 0. The fourth-order valence-electron chi connectivity index (χ4n) is 7.85. The molecule has 0 saturated carbocycles. The smallest absolute Gasteiger partial charge is 0.164 e. The van der Waals surface area contributed by atoms with E-state index in [4.69, 9.17) is 15.0 Å². The molecule has 0 aliphatic heterocycles. The highest BCUT2D eigenvalue weighted by Gasteiger charge is 2.18. The van der Waals surface area contributed by atoms with E-state index in [1.807, 2.05) is 60.7 Å². The van der Waals surface area contributed by atoms with Crippen LogP contribution in [0.3, 0.4) is 0 Å². The Labute approximate surface area is 332 Å². The molecule has 0 unspecified atom stereocenters. The van der Waals surface area contributed by atoms with Crippen LogP contribution in [-0.2, 0) is 0 Å². The summed E-state index contributed by atoms with van der Waals surface area (Å²) in [5.74, 6) is 1.93. The summed E-state index contributed by atoms with van der Waals surface area (Å²) < 4.78 is 2.35. The third-order valence-corrected chi connectivity index (χ3v) is 10.7. The molecule has 0 saturated heterocycles. The molecule has 0 amide bonds. The zero-order valence-electron chi connectivity index (χ0n) is 31.3. The molecule has 4 heteroatoms. The van der Waals surface area contributed by atoms with Crippen LogP contribution in [0.25, 0.3) is 78.4 Å². The zero-order chi connectivity index (χ0) is 38.0. The van der Waals surface area contributed by atoms with Crippen LogP contribution in [0.1, 0.15) is 24.0 Å². The molecular weight excluding hydrogens is 693 g/mol. The van der Waals surface area contributed by atoms with Crippen molar-refractivity contribution in [2.75, 3.05) is 0 Å². The largest absolute Gasteiger partial charge is 0.309 e. The molecule has 0 radical (unpaired) electrons. The first-order valence-electron chi connectivity index (χ1n) is 19.5. The molecule has 10 rings (SSSR count). The Balaban J connectivity index is 1.09. The third-order valence-electron chi connectivity index (χ3n) is 10.7. The molecule has 7 aromatic carbocycles. The number of para-hydroxylation sites is 1. The maximum Gasteiger partial charge on any atom is 0.164 e. The van der Waals surface area contributed by atoms with Gasteiger partial charge in [-0.05, 0) is 76.6 Å². The van der Waals surface area contributed by atoms with E-state index in [-0.39, 0.29) is 0 Å². The van der Waals surface area contributed by atoms with E-state index in [2.05, 4.69) is 150 Å². The first-order valence-corrected chi connectivity index (χ1v) is 19.5. The monoisotopic (exact) mass is 730 g/mol. The van der Waals surface area contributed by atoms with E-state index < -0.39 is 0 Å². The van der Waals surface area contributed by atoms with Gasteiger partial charge in [-0.3, -0.25) is 0 Å². The van der Waals surface area contributed by atoms with Crippen LogP contribution in [0, 0.1) is 0 Å². The van der Waals surface area contributed by atoms with Crippen molar-refractivity contribution in [3.05, 3.63) is 223 Å². The van der Waals surface area contributed by atoms with Crippen molar-refractivity contribution in [1.29, 1.82) is 0 Å². The van der Waals surface area contributed by atoms with Gasteiger partial charge in [-0.25, -0.2) is 15.0 Å². The summed E-state index contributed by atoms with van der Waals surface area (Å²) in [5.41, 5.74) is 13.5. The molecule has 1 aliphatic rings. The van der Waals surface area contributed by atoms with Crippen LogP contribution in [0.5, 0.6) is 0 Å².